The van der Waals surface area contributed by atoms with Crippen molar-refractivity contribution >= 4 is 16.7 Å². The summed E-state index contributed by atoms with van der Waals surface area (Å²) in [5.74, 6) is 0. The predicted octanol–water partition coefficient (Wildman–Crippen LogP) is 1.04. The summed E-state index contributed by atoms with van der Waals surface area (Å²) in [6.07, 6.45) is 2.72. The third kappa shape index (κ3) is 2.13. The molecule has 0 radical (unpaired) electrons. The molecule has 3 nitrogen and oxygen atoms in total. The largest absolute Gasteiger partial charge is 0.312 e. The van der Waals surface area contributed by atoms with E-state index in [-0.39, 0.29) is 0 Å². The number of rotatable bonds is 2. The first-order valence-corrected chi connectivity index (χ1v) is 6.24. The summed E-state index contributed by atoms with van der Waals surface area (Å²) in [5, 5.41) is 3.32. The molecule has 1 aromatic rings. The van der Waals surface area contributed by atoms with Crippen LogP contribution in [0, 0.1) is 0 Å². The lowest BCUT2D eigenvalue weighted by Gasteiger charge is -2.17. The molecule has 1 unspecified atom stereocenters. The fourth-order valence-electron chi connectivity index (χ4n) is 1.71. The van der Waals surface area contributed by atoms with Crippen LogP contribution < -0.4 is 10.0 Å². The highest BCUT2D eigenvalue weighted by Crippen LogP contribution is 2.18. The van der Waals surface area contributed by atoms with Crippen molar-refractivity contribution in [2.45, 2.75) is 13.0 Å². The lowest BCUT2D eigenvalue weighted by molar-refractivity contribution is 0.644. The van der Waals surface area contributed by atoms with E-state index in [0.717, 1.165) is 25.2 Å². The quantitative estimate of drug-likeness (QED) is 0.765. The zero-order chi connectivity index (χ0) is 9.97. The zero-order valence-corrected chi connectivity index (χ0v) is 8.99. The maximum atomic E-state index is 11.0. The molecule has 0 aromatic heterocycles. The topological polar surface area (TPSA) is 41.1 Å². The Morgan fingerprint density at radius 1 is 1.43 bits per heavy atom. The van der Waals surface area contributed by atoms with Crippen molar-refractivity contribution in [3.8, 4) is 0 Å². The Kier molecular flexibility index (Phi) is 2.84. The Balaban J connectivity index is 2.24. The molecule has 1 aliphatic rings. The van der Waals surface area contributed by atoms with E-state index < -0.39 is 11.0 Å². The molecule has 4 heteroatoms. The summed E-state index contributed by atoms with van der Waals surface area (Å²) in [6.45, 7) is 1.97. The maximum absolute atomic E-state index is 11.0. The Bertz CT molecular complexity index is 365. The van der Waals surface area contributed by atoms with Crippen LogP contribution in [0.25, 0.3) is 0 Å². The molecule has 0 bridgehead atoms. The highest BCUT2D eigenvalue weighted by molar-refractivity contribution is 7.85. The molecule has 0 amide bonds. The third-order valence-electron chi connectivity index (χ3n) is 2.35. The minimum Gasteiger partial charge on any atom is -0.312 e. The van der Waals surface area contributed by atoms with Crippen LogP contribution in [0.5, 0.6) is 0 Å². The van der Waals surface area contributed by atoms with E-state index >= 15 is 0 Å². The lowest BCUT2D eigenvalue weighted by Crippen LogP contribution is -2.23. The Hall–Kier alpha value is -0.870. The smallest absolute Gasteiger partial charge is 0.113 e. The second-order valence-electron chi connectivity index (χ2n) is 3.47. The standard InChI is InChI=1S/C10H14N2OS/c1-14(13)12-10-3-2-8-4-5-11-7-9(8)6-10/h2-3,6,11-12H,4-5,7H2,1H3. The molecule has 14 heavy (non-hydrogen) atoms. The molecule has 1 heterocycles. The third-order valence-corrected chi connectivity index (χ3v) is 2.88. The molecule has 0 fully saturated rings. The summed E-state index contributed by atoms with van der Waals surface area (Å²) in [6, 6.07) is 6.18. The second-order valence-corrected chi connectivity index (χ2v) is 4.58. The van der Waals surface area contributed by atoms with Crippen molar-refractivity contribution in [2.24, 2.45) is 0 Å². The van der Waals surface area contributed by atoms with Gasteiger partial charge in [-0.3, -0.25) is 0 Å². The van der Waals surface area contributed by atoms with Gasteiger partial charge in [0.05, 0.1) is 0 Å². The normalized spacial score (nSPS) is 17.2. The zero-order valence-electron chi connectivity index (χ0n) is 8.17. The number of fused-ring (bicyclic) bond motifs is 1. The first-order valence-electron chi connectivity index (χ1n) is 4.68. The minimum atomic E-state index is -0.988. The average Bonchev–Trinajstić information content (AvgIpc) is 2.17. The molecule has 0 saturated heterocycles. The Morgan fingerprint density at radius 2 is 2.29 bits per heavy atom. The van der Waals surface area contributed by atoms with Gasteiger partial charge in [-0.25, -0.2) is 4.21 Å². The summed E-state index contributed by atoms with van der Waals surface area (Å²) < 4.78 is 13.9. The summed E-state index contributed by atoms with van der Waals surface area (Å²) in [5.41, 5.74) is 3.65. The van der Waals surface area contributed by atoms with E-state index in [9.17, 15) is 4.21 Å². The van der Waals surface area contributed by atoms with Crippen LogP contribution in [0.3, 0.4) is 0 Å². The minimum absolute atomic E-state index is 0.918. The summed E-state index contributed by atoms with van der Waals surface area (Å²) in [4.78, 5) is 0. The van der Waals surface area contributed by atoms with Gasteiger partial charge >= 0.3 is 0 Å². The van der Waals surface area contributed by atoms with Gasteiger partial charge < -0.3 is 10.0 Å². The summed E-state index contributed by atoms with van der Waals surface area (Å²) in [7, 11) is -0.988. The number of anilines is 1. The second kappa shape index (κ2) is 4.11. The van der Waals surface area contributed by atoms with Crippen molar-refractivity contribution in [1.29, 1.82) is 0 Å². The van der Waals surface area contributed by atoms with Gasteiger partial charge in [-0.1, -0.05) is 6.07 Å². The van der Waals surface area contributed by atoms with Crippen LogP contribution in [0.4, 0.5) is 5.69 Å². The van der Waals surface area contributed by atoms with Gasteiger partial charge in [0.15, 0.2) is 0 Å². The van der Waals surface area contributed by atoms with Crippen LogP contribution in [0.1, 0.15) is 11.1 Å². The highest BCUT2D eigenvalue weighted by Gasteiger charge is 2.08. The van der Waals surface area contributed by atoms with E-state index in [1.54, 1.807) is 6.26 Å². The Morgan fingerprint density at radius 3 is 3.07 bits per heavy atom. The molecule has 1 atom stereocenters. The van der Waals surface area contributed by atoms with Crippen molar-refractivity contribution in [3.63, 3.8) is 0 Å². The molecule has 2 rings (SSSR count). The van der Waals surface area contributed by atoms with Crippen LogP contribution in [0.2, 0.25) is 0 Å². The molecular formula is C10H14N2OS. The van der Waals surface area contributed by atoms with Gasteiger partial charge in [0, 0.05) is 18.5 Å². The van der Waals surface area contributed by atoms with Crippen LogP contribution in [0.15, 0.2) is 18.2 Å². The lowest BCUT2D eigenvalue weighted by atomic mass is 10.0. The molecule has 2 N–H and O–H groups in total. The number of nitrogens with one attached hydrogen (secondary N) is 2. The monoisotopic (exact) mass is 210 g/mol. The number of hydrogen-bond acceptors (Lipinski definition) is 2. The van der Waals surface area contributed by atoms with Crippen LogP contribution in [-0.2, 0) is 24.0 Å². The van der Waals surface area contributed by atoms with Crippen molar-refractivity contribution in [3.05, 3.63) is 29.3 Å². The van der Waals surface area contributed by atoms with Gasteiger partial charge in [-0.05, 0) is 36.2 Å². The van der Waals surface area contributed by atoms with Crippen LogP contribution in [-0.4, -0.2) is 17.0 Å². The molecule has 76 valence electrons. The molecule has 1 aliphatic heterocycles. The van der Waals surface area contributed by atoms with Crippen molar-refractivity contribution in [1.82, 2.24) is 5.32 Å². The van der Waals surface area contributed by atoms with Crippen LogP contribution >= 0.6 is 0 Å². The average molecular weight is 210 g/mol. The number of hydrogen-bond donors (Lipinski definition) is 2. The molecule has 1 aromatic carbocycles. The first kappa shape index (κ1) is 9.68. The highest BCUT2D eigenvalue weighted by atomic mass is 32.2. The first-order chi connectivity index (χ1) is 6.75. The van der Waals surface area contributed by atoms with E-state index in [1.807, 2.05) is 6.07 Å². The van der Waals surface area contributed by atoms with Gasteiger partial charge in [0.1, 0.15) is 11.0 Å². The molecule has 0 aliphatic carbocycles. The fourth-order valence-corrected chi connectivity index (χ4v) is 2.17. The van der Waals surface area contributed by atoms with E-state index in [2.05, 4.69) is 22.2 Å². The molecule has 0 saturated carbocycles. The van der Waals surface area contributed by atoms with Gasteiger partial charge in [-0.2, -0.15) is 0 Å². The SMILES string of the molecule is CS(=O)Nc1ccc2c(c1)CNCC2. The molecular weight excluding hydrogens is 196 g/mol. The van der Waals surface area contributed by atoms with E-state index in [0.29, 0.717) is 0 Å². The van der Waals surface area contributed by atoms with Gasteiger partial charge in [-0.15, -0.1) is 0 Å². The number of benzene rings is 1. The fraction of sp³-hybridized carbons (Fsp3) is 0.400. The van der Waals surface area contributed by atoms with Crippen molar-refractivity contribution < 1.29 is 4.21 Å². The van der Waals surface area contributed by atoms with E-state index in [4.69, 9.17) is 0 Å². The molecule has 0 spiro atoms. The van der Waals surface area contributed by atoms with Crippen molar-refractivity contribution in [2.75, 3.05) is 17.5 Å². The maximum Gasteiger partial charge on any atom is 0.113 e. The van der Waals surface area contributed by atoms with Gasteiger partial charge in [0.2, 0.25) is 0 Å². The summed E-state index contributed by atoms with van der Waals surface area (Å²) >= 11 is 0. The van der Waals surface area contributed by atoms with Gasteiger partial charge in [0.25, 0.3) is 0 Å². The Labute approximate surface area is 86.5 Å². The van der Waals surface area contributed by atoms with E-state index in [1.165, 1.54) is 11.1 Å². The predicted molar refractivity (Wildman–Crippen MR) is 59.5 cm³/mol.